The third-order valence-corrected chi connectivity index (χ3v) is 3.91. The summed E-state index contributed by atoms with van der Waals surface area (Å²) in [5.74, 6) is 0. The van der Waals surface area contributed by atoms with Crippen LogP contribution in [0.3, 0.4) is 0 Å². The van der Waals surface area contributed by atoms with Crippen molar-refractivity contribution in [1.82, 2.24) is 0 Å². The molecule has 2 rings (SSSR count). The largest absolute Gasteiger partial charge is 0.494 e. The van der Waals surface area contributed by atoms with Gasteiger partial charge in [0.15, 0.2) is 0 Å². The maximum atomic E-state index is 9.06. The Morgan fingerprint density at radius 1 is 1.16 bits per heavy atom. The van der Waals surface area contributed by atoms with Gasteiger partial charge in [-0.25, -0.2) is 0 Å². The van der Waals surface area contributed by atoms with Crippen LogP contribution >= 0.6 is 0 Å². The number of benzene rings is 1. The van der Waals surface area contributed by atoms with Crippen LogP contribution in [0.2, 0.25) is 0 Å². The number of hydrogen-bond donors (Lipinski definition) is 1. The van der Waals surface area contributed by atoms with Gasteiger partial charge in [-0.3, -0.25) is 0 Å². The normalized spacial score (nSPS) is 20.3. The van der Waals surface area contributed by atoms with Gasteiger partial charge in [0.1, 0.15) is 0 Å². The van der Waals surface area contributed by atoms with Gasteiger partial charge in [-0.1, -0.05) is 6.07 Å². The molecule has 0 saturated carbocycles. The molecule has 0 aromatic heterocycles. The Morgan fingerprint density at radius 2 is 1.74 bits per heavy atom. The summed E-state index contributed by atoms with van der Waals surface area (Å²) in [7, 11) is -0.455. The zero-order chi connectivity index (χ0) is 14.3. The third kappa shape index (κ3) is 2.52. The van der Waals surface area contributed by atoms with Crippen molar-refractivity contribution in [3.8, 4) is 6.07 Å². The first-order chi connectivity index (χ1) is 8.79. The average Bonchev–Trinajstić information content (AvgIpc) is 2.58. The molecule has 1 aliphatic rings. The molecule has 19 heavy (non-hydrogen) atoms. The fraction of sp³-hybridized carbons (Fsp3) is 0.500. The second kappa shape index (κ2) is 4.64. The van der Waals surface area contributed by atoms with Gasteiger partial charge in [0.2, 0.25) is 0 Å². The van der Waals surface area contributed by atoms with Gasteiger partial charge < -0.3 is 15.0 Å². The molecule has 5 heteroatoms. The van der Waals surface area contributed by atoms with E-state index >= 15 is 0 Å². The number of hydrogen-bond acceptors (Lipinski definition) is 4. The third-order valence-electron chi connectivity index (χ3n) is 3.91. The summed E-state index contributed by atoms with van der Waals surface area (Å²) in [6, 6.07) is 7.65. The molecule has 0 amide bonds. The molecule has 1 aromatic carbocycles. The highest BCUT2D eigenvalue weighted by atomic mass is 16.7. The smallest absolute Gasteiger partial charge is 0.399 e. The van der Waals surface area contributed by atoms with Gasteiger partial charge in [0, 0.05) is 6.54 Å². The van der Waals surface area contributed by atoms with Crippen LogP contribution in [0, 0.1) is 11.3 Å². The highest BCUT2D eigenvalue weighted by molar-refractivity contribution is 6.62. The van der Waals surface area contributed by atoms with Gasteiger partial charge in [-0.15, -0.1) is 0 Å². The summed E-state index contributed by atoms with van der Waals surface area (Å²) in [6.07, 6.45) is 0. The van der Waals surface area contributed by atoms with Crippen molar-refractivity contribution in [2.75, 3.05) is 0 Å². The molecule has 4 nitrogen and oxygen atoms in total. The van der Waals surface area contributed by atoms with E-state index in [2.05, 4.69) is 6.07 Å². The van der Waals surface area contributed by atoms with Crippen LogP contribution in [0.25, 0.3) is 0 Å². The fourth-order valence-corrected chi connectivity index (χ4v) is 2.02. The van der Waals surface area contributed by atoms with Crippen LogP contribution in [0.5, 0.6) is 0 Å². The molecule has 0 aliphatic carbocycles. The zero-order valence-electron chi connectivity index (χ0n) is 11.9. The molecule has 0 spiro atoms. The van der Waals surface area contributed by atoms with Crippen molar-refractivity contribution in [3.63, 3.8) is 0 Å². The van der Waals surface area contributed by atoms with E-state index in [1.807, 2.05) is 33.8 Å². The molecule has 0 bridgehead atoms. The van der Waals surface area contributed by atoms with Gasteiger partial charge in [-0.2, -0.15) is 5.26 Å². The van der Waals surface area contributed by atoms with E-state index in [4.69, 9.17) is 20.3 Å². The number of nitrogens with two attached hydrogens (primary N) is 1. The lowest BCUT2D eigenvalue weighted by molar-refractivity contribution is 0.00578. The minimum Gasteiger partial charge on any atom is -0.399 e. The second-order valence-electron chi connectivity index (χ2n) is 5.87. The van der Waals surface area contributed by atoms with Crippen molar-refractivity contribution in [3.05, 3.63) is 29.3 Å². The van der Waals surface area contributed by atoms with Gasteiger partial charge in [0.25, 0.3) is 0 Å². The molecule has 1 aliphatic heterocycles. The standard InChI is InChI=1S/C14H19BN2O2/c1-13(2)14(3,4)19-15(18-13)12-6-10(8-16)5-11(7-12)9-17/h5-7H,8,16H2,1-4H3. The van der Waals surface area contributed by atoms with E-state index in [0.29, 0.717) is 12.1 Å². The summed E-state index contributed by atoms with van der Waals surface area (Å²) < 4.78 is 12.0. The minimum atomic E-state index is -0.455. The maximum absolute atomic E-state index is 9.06. The van der Waals surface area contributed by atoms with Crippen molar-refractivity contribution < 1.29 is 9.31 Å². The molecular weight excluding hydrogens is 239 g/mol. The zero-order valence-corrected chi connectivity index (χ0v) is 11.9. The van der Waals surface area contributed by atoms with Crippen molar-refractivity contribution in [2.24, 2.45) is 5.73 Å². The first-order valence-electron chi connectivity index (χ1n) is 6.39. The van der Waals surface area contributed by atoms with Crippen LogP contribution in [-0.4, -0.2) is 18.3 Å². The van der Waals surface area contributed by atoms with Crippen molar-refractivity contribution in [2.45, 2.75) is 45.4 Å². The second-order valence-corrected chi connectivity index (χ2v) is 5.87. The van der Waals surface area contributed by atoms with Gasteiger partial charge in [0.05, 0.1) is 22.8 Å². The summed E-state index contributed by atoms with van der Waals surface area (Å²) in [6.45, 7) is 8.41. The van der Waals surface area contributed by atoms with Crippen LogP contribution in [0.15, 0.2) is 18.2 Å². The first kappa shape index (κ1) is 14.1. The van der Waals surface area contributed by atoms with Crippen molar-refractivity contribution >= 4 is 12.6 Å². The first-order valence-corrected chi connectivity index (χ1v) is 6.39. The van der Waals surface area contributed by atoms with E-state index in [9.17, 15) is 0 Å². The van der Waals surface area contributed by atoms with Crippen molar-refractivity contribution in [1.29, 1.82) is 5.26 Å². The topological polar surface area (TPSA) is 68.3 Å². The molecule has 1 heterocycles. The summed E-state index contributed by atoms with van der Waals surface area (Å²) >= 11 is 0. The number of nitriles is 1. The van der Waals surface area contributed by atoms with E-state index < -0.39 is 7.12 Å². The minimum absolute atomic E-state index is 0.386. The van der Waals surface area contributed by atoms with Gasteiger partial charge in [-0.05, 0) is 50.9 Å². The van der Waals surface area contributed by atoms with E-state index in [1.54, 1.807) is 12.1 Å². The predicted octanol–water partition coefficient (Wildman–Crippen LogP) is 1.32. The lowest BCUT2D eigenvalue weighted by Gasteiger charge is -2.32. The molecule has 0 atom stereocenters. The Labute approximate surface area is 114 Å². The quantitative estimate of drug-likeness (QED) is 0.812. The summed E-state index contributed by atoms with van der Waals surface area (Å²) in [4.78, 5) is 0. The Morgan fingerprint density at radius 3 is 2.21 bits per heavy atom. The van der Waals surface area contributed by atoms with E-state index in [-0.39, 0.29) is 11.2 Å². The number of rotatable bonds is 2. The molecular formula is C14H19BN2O2. The predicted molar refractivity (Wildman–Crippen MR) is 74.8 cm³/mol. The molecule has 0 unspecified atom stereocenters. The lowest BCUT2D eigenvalue weighted by atomic mass is 9.77. The van der Waals surface area contributed by atoms with Crippen LogP contribution in [0.1, 0.15) is 38.8 Å². The lowest BCUT2D eigenvalue weighted by Crippen LogP contribution is -2.41. The SMILES string of the molecule is CC1(C)OB(c2cc(C#N)cc(CN)c2)OC1(C)C. The molecule has 1 saturated heterocycles. The monoisotopic (exact) mass is 258 g/mol. The Bertz CT molecular complexity index is 519. The summed E-state index contributed by atoms with van der Waals surface area (Å²) in [5, 5.41) is 9.06. The molecule has 1 fully saturated rings. The highest BCUT2D eigenvalue weighted by Gasteiger charge is 2.51. The van der Waals surface area contributed by atoms with Crippen LogP contribution in [0.4, 0.5) is 0 Å². The molecule has 2 N–H and O–H groups in total. The molecule has 100 valence electrons. The molecule has 1 aromatic rings. The van der Waals surface area contributed by atoms with Gasteiger partial charge >= 0.3 is 7.12 Å². The molecule has 0 radical (unpaired) electrons. The highest BCUT2D eigenvalue weighted by Crippen LogP contribution is 2.36. The Hall–Kier alpha value is -1.35. The summed E-state index contributed by atoms with van der Waals surface area (Å²) in [5.41, 5.74) is 7.21. The Kier molecular flexibility index (Phi) is 3.44. The number of nitrogens with zero attached hydrogens (tertiary/aromatic N) is 1. The van der Waals surface area contributed by atoms with E-state index in [0.717, 1.165) is 11.0 Å². The fourth-order valence-electron chi connectivity index (χ4n) is 2.02. The average molecular weight is 258 g/mol. The van der Waals surface area contributed by atoms with E-state index in [1.165, 1.54) is 0 Å². The van der Waals surface area contributed by atoms with Crippen LogP contribution in [-0.2, 0) is 15.9 Å². The van der Waals surface area contributed by atoms with Crippen LogP contribution < -0.4 is 11.2 Å². The Balaban J connectivity index is 2.37. The maximum Gasteiger partial charge on any atom is 0.494 e.